The average molecular weight is 521 g/mol. The molecule has 3 aromatic carbocycles. The molecule has 0 spiro atoms. The molecule has 0 radical (unpaired) electrons. The number of nitrogens with one attached hydrogen (secondary N) is 1. The second-order valence-corrected chi connectivity index (χ2v) is 9.29. The predicted molar refractivity (Wildman–Crippen MR) is 148 cm³/mol. The number of carbonyl (C=O) groups is 2. The zero-order valence-corrected chi connectivity index (χ0v) is 21.6. The van der Waals surface area contributed by atoms with Crippen molar-refractivity contribution in [3.05, 3.63) is 112 Å². The van der Waals surface area contributed by atoms with Gasteiger partial charge in [0.15, 0.2) is 6.29 Å². The molecule has 39 heavy (non-hydrogen) atoms. The van der Waals surface area contributed by atoms with Gasteiger partial charge in [0, 0.05) is 5.56 Å². The van der Waals surface area contributed by atoms with E-state index in [0.717, 1.165) is 45.2 Å². The number of H-pyrrole nitrogens is 1. The molecule has 9 heteroatoms. The van der Waals surface area contributed by atoms with Crippen LogP contribution in [0, 0.1) is 0 Å². The molecule has 5 rings (SSSR count). The lowest BCUT2D eigenvalue weighted by atomic mass is 9.98. The Hall–Kier alpha value is -4.92. The number of tetrazole rings is 1. The van der Waals surface area contributed by atoms with Crippen LogP contribution in [-0.4, -0.2) is 42.0 Å². The van der Waals surface area contributed by atoms with Gasteiger partial charge in [-0.25, -0.2) is 9.36 Å². The van der Waals surface area contributed by atoms with Crippen molar-refractivity contribution >= 4 is 12.2 Å². The number of carbonyl (C=O) groups excluding carboxylic acids is 2. The summed E-state index contributed by atoms with van der Waals surface area (Å²) >= 11 is 0. The number of hydrogen-bond acceptors (Lipinski definition) is 6. The van der Waals surface area contributed by atoms with Crippen LogP contribution in [0.25, 0.3) is 22.5 Å². The van der Waals surface area contributed by atoms with Crippen molar-refractivity contribution in [3.8, 4) is 22.5 Å². The number of hydrogen-bond donors (Lipinski definition) is 1. The summed E-state index contributed by atoms with van der Waals surface area (Å²) in [4.78, 5) is 38.9. The first-order valence-corrected chi connectivity index (χ1v) is 12.9. The van der Waals surface area contributed by atoms with Crippen LogP contribution >= 0.6 is 0 Å². The topological polar surface area (TPSA) is 116 Å². The molecule has 2 aromatic heterocycles. The lowest BCUT2D eigenvalue weighted by Gasteiger charge is -2.10. The van der Waals surface area contributed by atoms with Crippen LogP contribution < -0.4 is 5.69 Å². The molecule has 0 aliphatic carbocycles. The Morgan fingerprint density at radius 1 is 0.923 bits per heavy atom. The molecule has 0 bridgehead atoms. The molecule has 1 N–H and O–H groups in total. The number of aromatic amines is 1. The summed E-state index contributed by atoms with van der Waals surface area (Å²) in [6.07, 6.45) is 2.88. The number of aldehydes is 1. The largest absolute Gasteiger partial charge is 0.336 e. The molecule has 2 heterocycles. The minimum Gasteiger partial charge on any atom is -0.296 e. The number of imidazole rings is 1. The van der Waals surface area contributed by atoms with E-state index in [2.05, 4.69) is 20.6 Å². The predicted octanol–water partition coefficient (Wildman–Crippen LogP) is 4.58. The Morgan fingerprint density at radius 2 is 1.64 bits per heavy atom. The molecule has 0 saturated heterocycles. The maximum atomic E-state index is 13.6. The van der Waals surface area contributed by atoms with E-state index in [0.29, 0.717) is 24.2 Å². The van der Waals surface area contributed by atoms with E-state index in [9.17, 15) is 14.4 Å². The highest BCUT2D eigenvalue weighted by Crippen LogP contribution is 2.30. The lowest BCUT2D eigenvalue weighted by molar-refractivity contribution is 0.0898. The molecular formula is C30H28N6O3. The van der Waals surface area contributed by atoms with Crippen LogP contribution in [-0.2, 0) is 19.4 Å². The van der Waals surface area contributed by atoms with Crippen LogP contribution in [0.5, 0.6) is 0 Å². The molecule has 0 unspecified atom stereocenters. The van der Waals surface area contributed by atoms with E-state index >= 15 is 0 Å². The van der Waals surface area contributed by atoms with Gasteiger partial charge < -0.3 is 0 Å². The molecule has 196 valence electrons. The van der Waals surface area contributed by atoms with E-state index in [1.54, 1.807) is 4.57 Å². The van der Waals surface area contributed by atoms with Crippen LogP contribution in [0.15, 0.2) is 83.7 Å². The monoisotopic (exact) mass is 520 g/mol. The van der Waals surface area contributed by atoms with E-state index < -0.39 is 11.6 Å². The first-order valence-electron chi connectivity index (χ1n) is 12.9. The third kappa shape index (κ3) is 5.38. The number of unbranched alkanes of at least 4 members (excludes halogenated alkanes) is 1. The van der Waals surface area contributed by atoms with Gasteiger partial charge in [-0.1, -0.05) is 92.2 Å². The van der Waals surface area contributed by atoms with E-state index in [1.165, 1.54) is 0 Å². The maximum Gasteiger partial charge on any atom is 0.336 e. The Labute approximate surface area is 225 Å². The lowest BCUT2D eigenvalue weighted by Crippen LogP contribution is -2.31. The van der Waals surface area contributed by atoms with Crippen molar-refractivity contribution in [2.75, 3.05) is 0 Å². The molecule has 9 nitrogen and oxygen atoms in total. The van der Waals surface area contributed by atoms with E-state index in [-0.39, 0.29) is 18.7 Å². The summed E-state index contributed by atoms with van der Waals surface area (Å²) in [6, 6.07) is 24.8. The van der Waals surface area contributed by atoms with Crippen molar-refractivity contribution in [1.29, 1.82) is 0 Å². The summed E-state index contributed by atoms with van der Waals surface area (Å²) in [5, 5.41) is 14.4. The molecule has 0 atom stereocenters. The zero-order chi connectivity index (χ0) is 27.2. The number of rotatable bonds is 10. The maximum absolute atomic E-state index is 13.6. The molecule has 0 saturated carbocycles. The Balaban J connectivity index is 1.48. The highest BCUT2D eigenvalue weighted by atomic mass is 16.2. The first-order chi connectivity index (χ1) is 19.1. The quantitative estimate of drug-likeness (QED) is 0.270. The zero-order valence-electron chi connectivity index (χ0n) is 21.6. The molecular weight excluding hydrogens is 492 g/mol. The number of aromatic nitrogens is 6. The van der Waals surface area contributed by atoms with Gasteiger partial charge in [-0.2, -0.15) is 5.21 Å². The third-order valence-corrected chi connectivity index (χ3v) is 6.73. The summed E-state index contributed by atoms with van der Waals surface area (Å²) in [6.45, 7) is 2.29. The summed E-state index contributed by atoms with van der Waals surface area (Å²) in [7, 11) is 0. The average Bonchev–Trinajstić information content (AvgIpc) is 3.60. The first kappa shape index (κ1) is 25.7. The van der Waals surface area contributed by atoms with Crippen molar-refractivity contribution in [2.45, 2.75) is 39.2 Å². The van der Waals surface area contributed by atoms with Gasteiger partial charge in [0.2, 0.25) is 11.7 Å². The van der Waals surface area contributed by atoms with Gasteiger partial charge >= 0.3 is 5.69 Å². The van der Waals surface area contributed by atoms with E-state index in [4.69, 9.17) is 0 Å². The van der Waals surface area contributed by atoms with Gasteiger partial charge in [0.05, 0.1) is 18.7 Å². The summed E-state index contributed by atoms with van der Waals surface area (Å²) in [5.41, 5.74) is 4.66. The highest BCUT2D eigenvalue weighted by molar-refractivity contribution is 5.88. The third-order valence-electron chi connectivity index (χ3n) is 6.73. The van der Waals surface area contributed by atoms with Crippen molar-refractivity contribution < 1.29 is 9.59 Å². The van der Waals surface area contributed by atoms with Crippen LogP contribution in [0.3, 0.4) is 0 Å². The van der Waals surface area contributed by atoms with Gasteiger partial charge in [-0.15, -0.1) is 10.2 Å². The van der Waals surface area contributed by atoms with Gasteiger partial charge in [-0.3, -0.25) is 14.2 Å². The fourth-order valence-corrected chi connectivity index (χ4v) is 4.77. The minimum absolute atomic E-state index is 0.0350. The van der Waals surface area contributed by atoms with Crippen molar-refractivity contribution in [2.24, 2.45) is 0 Å². The number of nitrogens with zero attached hydrogens (tertiary/aromatic N) is 5. The van der Waals surface area contributed by atoms with Gasteiger partial charge in [-0.05, 0) is 40.3 Å². The van der Waals surface area contributed by atoms with Crippen LogP contribution in [0.2, 0.25) is 0 Å². The highest BCUT2D eigenvalue weighted by Gasteiger charge is 2.24. The molecule has 5 aromatic rings. The normalized spacial score (nSPS) is 11.0. The minimum atomic E-state index is -0.490. The molecule has 0 fully saturated rings. The number of benzene rings is 3. The SMILES string of the molecule is CCCCc1c(C=O)n(C(=O)Cc2ccccc2)c(=O)n1Cc1ccc(-c2ccccc2-c2nn[nH]n2)cc1. The second-order valence-electron chi connectivity index (χ2n) is 9.29. The van der Waals surface area contributed by atoms with Crippen molar-refractivity contribution in [3.63, 3.8) is 0 Å². The fraction of sp³-hybridized carbons (Fsp3) is 0.200. The second kappa shape index (κ2) is 11.6. The van der Waals surface area contributed by atoms with Crippen LogP contribution in [0.4, 0.5) is 0 Å². The van der Waals surface area contributed by atoms with Gasteiger partial charge in [0.25, 0.3) is 0 Å². The van der Waals surface area contributed by atoms with Crippen LogP contribution in [0.1, 0.15) is 51.9 Å². The molecule has 0 aliphatic rings. The van der Waals surface area contributed by atoms with Gasteiger partial charge in [0.1, 0.15) is 5.69 Å². The Morgan fingerprint density at radius 3 is 2.31 bits per heavy atom. The molecule has 0 aliphatic heterocycles. The fourth-order valence-electron chi connectivity index (χ4n) is 4.77. The summed E-state index contributed by atoms with van der Waals surface area (Å²) in [5.74, 6) is 0.0860. The standard InChI is InChI=1S/C30H28N6O3/c1-2-3-13-26-27(20-37)36(28(38)18-21-9-5-4-6-10-21)30(39)35(26)19-22-14-16-23(17-15-22)24-11-7-8-12-25(24)29-31-33-34-32-29/h4-12,14-17,20H,2-3,13,18-19H2,1H3,(H,31,32,33,34). The Bertz CT molecular complexity index is 1630. The summed E-state index contributed by atoms with van der Waals surface area (Å²) < 4.78 is 2.60. The van der Waals surface area contributed by atoms with Crippen molar-refractivity contribution in [1.82, 2.24) is 29.8 Å². The Kier molecular flexibility index (Phi) is 7.68. The smallest absolute Gasteiger partial charge is 0.296 e. The molecule has 0 amide bonds. The van der Waals surface area contributed by atoms with E-state index in [1.807, 2.05) is 85.8 Å².